The van der Waals surface area contributed by atoms with Gasteiger partial charge in [0.2, 0.25) is 0 Å². The first kappa shape index (κ1) is 16.8. The molecule has 1 aliphatic carbocycles. The van der Waals surface area contributed by atoms with Crippen molar-refractivity contribution < 1.29 is 4.21 Å². The van der Waals surface area contributed by atoms with Crippen molar-refractivity contribution in [1.82, 2.24) is 5.32 Å². The van der Waals surface area contributed by atoms with E-state index in [1.165, 1.54) is 24.0 Å². The van der Waals surface area contributed by atoms with Gasteiger partial charge in [-0.3, -0.25) is 0 Å². The van der Waals surface area contributed by atoms with Crippen LogP contribution in [-0.4, -0.2) is 23.8 Å². The Morgan fingerprint density at radius 1 is 1.12 bits per heavy atom. The summed E-state index contributed by atoms with van der Waals surface area (Å²) in [5.74, 6) is 0.920. The lowest BCUT2D eigenvalue weighted by Gasteiger charge is -2.34. The fourth-order valence-electron chi connectivity index (χ4n) is 3.56. The minimum absolute atomic E-state index is 0.920. The molecule has 0 saturated heterocycles. The Balaban J connectivity index is 1.61. The largest absolute Gasteiger partial charge is 0.339 e. The molecule has 2 aromatic rings. The highest BCUT2D eigenvalue weighted by Crippen LogP contribution is 2.44. The van der Waals surface area contributed by atoms with E-state index in [1.54, 1.807) is 0 Å². The van der Waals surface area contributed by atoms with Crippen LogP contribution in [0.2, 0.25) is 0 Å². The molecule has 1 unspecified atom stereocenters. The summed E-state index contributed by atoms with van der Waals surface area (Å²) in [5, 5.41) is 3.58. The first-order valence-electron chi connectivity index (χ1n) is 9.26. The van der Waals surface area contributed by atoms with Crippen LogP contribution >= 0.6 is 0 Å². The zero-order valence-electron chi connectivity index (χ0n) is 15.0. The number of hydrogen-bond acceptors (Lipinski definition) is 3. The Hall–Kier alpha value is -1.65. The van der Waals surface area contributed by atoms with Crippen LogP contribution in [0.1, 0.15) is 30.4 Å². The van der Waals surface area contributed by atoms with Crippen molar-refractivity contribution in [3.8, 4) is 0 Å². The Morgan fingerprint density at radius 2 is 1.92 bits per heavy atom. The Kier molecular flexibility index (Phi) is 4.65. The van der Waals surface area contributed by atoms with E-state index in [9.17, 15) is 4.21 Å². The fraction of sp³-hybridized carbons (Fsp3) is 0.429. The molecule has 0 aromatic heterocycles. The van der Waals surface area contributed by atoms with Crippen LogP contribution in [-0.2, 0) is 10.8 Å². The van der Waals surface area contributed by atoms with Crippen molar-refractivity contribution in [1.29, 1.82) is 0 Å². The SMILES string of the molecule is Cc1ccc2c(c1C)N(CCCNCC1CC1)c1ccccc1S2=O. The molecule has 1 fully saturated rings. The molecular formula is C21H26N2OS. The number of anilines is 2. The average molecular weight is 355 g/mol. The maximum absolute atomic E-state index is 13.0. The fourth-order valence-corrected chi connectivity index (χ4v) is 5.00. The zero-order chi connectivity index (χ0) is 17.4. The maximum atomic E-state index is 13.0. The van der Waals surface area contributed by atoms with E-state index >= 15 is 0 Å². The first-order valence-corrected chi connectivity index (χ1v) is 10.4. The molecule has 0 amide bonds. The van der Waals surface area contributed by atoms with Crippen molar-refractivity contribution >= 4 is 22.2 Å². The molecule has 2 aliphatic rings. The average Bonchev–Trinajstić information content (AvgIpc) is 3.44. The minimum Gasteiger partial charge on any atom is -0.339 e. The number of rotatable bonds is 6. The molecule has 1 N–H and O–H groups in total. The van der Waals surface area contributed by atoms with Crippen LogP contribution in [0.3, 0.4) is 0 Å². The summed E-state index contributed by atoms with van der Waals surface area (Å²) in [4.78, 5) is 4.27. The van der Waals surface area contributed by atoms with E-state index in [0.29, 0.717) is 0 Å². The van der Waals surface area contributed by atoms with Crippen LogP contribution in [0.5, 0.6) is 0 Å². The van der Waals surface area contributed by atoms with E-state index in [4.69, 9.17) is 0 Å². The van der Waals surface area contributed by atoms with Gasteiger partial charge in [0.25, 0.3) is 0 Å². The summed E-state index contributed by atoms with van der Waals surface area (Å²) in [6.07, 6.45) is 3.87. The van der Waals surface area contributed by atoms with Gasteiger partial charge in [0.1, 0.15) is 0 Å². The standard InChI is InChI=1S/C21H26N2OS/c1-15-8-11-20-21(16(15)2)23(13-5-12-22-14-17-9-10-17)18-6-3-4-7-19(18)25(20)24/h3-4,6-8,11,17,22H,5,9-10,12-14H2,1-2H3. The molecule has 0 radical (unpaired) electrons. The maximum Gasteiger partial charge on any atom is 0.0892 e. The molecule has 25 heavy (non-hydrogen) atoms. The highest BCUT2D eigenvalue weighted by atomic mass is 32.2. The molecular weight excluding hydrogens is 328 g/mol. The summed E-state index contributed by atoms with van der Waals surface area (Å²) in [7, 11) is -1.09. The van der Waals surface area contributed by atoms with E-state index in [0.717, 1.165) is 53.1 Å². The minimum atomic E-state index is -1.09. The van der Waals surface area contributed by atoms with Crippen molar-refractivity contribution in [2.24, 2.45) is 5.92 Å². The predicted molar refractivity (Wildman–Crippen MR) is 104 cm³/mol. The van der Waals surface area contributed by atoms with Gasteiger partial charge in [0, 0.05) is 6.54 Å². The second-order valence-corrected chi connectivity index (χ2v) is 8.66. The monoisotopic (exact) mass is 354 g/mol. The van der Waals surface area contributed by atoms with Crippen LogP contribution < -0.4 is 10.2 Å². The molecule has 0 spiro atoms. The first-order chi connectivity index (χ1) is 12.2. The van der Waals surface area contributed by atoms with E-state index in [-0.39, 0.29) is 0 Å². The van der Waals surface area contributed by atoms with Gasteiger partial charge in [0.05, 0.1) is 32.0 Å². The highest BCUT2D eigenvalue weighted by molar-refractivity contribution is 7.85. The van der Waals surface area contributed by atoms with Crippen molar-refractivity contribution in [3.05, 3.63) is 47.5 Å². The van der Waals surface area contributed by atoms with E-state index in [2.05, 4.69) is 36.2 Å². The van der Waals surface area contributed by atoms with Crippen molar-refractivity contribution in [2.45, 2.75) is 42.9 Å². The third kappa shape index (κ3) is 3.25. The summed E-state index contributed by atoms with van der Waals surface area (Å²) < 4.78 is 13.0. The number of nitrogens with zero attached hydrogens (tertiary/aromatic N) is 1. The summed E-state index contributed by atoms with van der Waals surface area (Å²) in [5.41, 5.74) is 4.75. The summed E-state index contributed by atoms with van der Waals surface area (Å²) >= 11 is 0. The highest BCUT2D eigenvalue weighted by Gasteiger charge is 2.29. The smallest absolute Gasteiger partial charge is 0.0892 e. The number of aryl methyl sites for hydroxylation is 1. The molecule has 1 aliphatic heterocycles. The lowest BCUT2D eigenvalue weighted by atomic mass is 10.1. The van der Waals surface area contributed by atoms with Gasteiger partial charge >= 0.3 is 0 Å². The van der Waals surface area contributed by atoms with Gasteiger partial charge in [-0.15, -0.1) is 0 Å². The molecule has 1 heterocycles. The molecule has 3 nitrogen and oxygen atoms in total. The topological polar surface area (TPSA) is 32.3 Å². The number of benzene rings is 2. The third-order valence-electron chi connectivity index (χ3n) is 5.36. The van der Waals surface area contributed by atoms with Crippen LogP contribution in [0.25, 0.3) is 0 Å². The summed E-state index contributed by atoms with van der Waals surface area (Å²) in [6, 6.07) is 12.3. The van der Waals surface area contributed by atoms with Gasteiger partial charge in [-0.2, -0.15) is 0 Å². The van der Waals surface area contributed by atoms with Crippen LogP contribution in [0, 0.1) is 19.8 Å². The van der Waals surface area contributed by atoms with Crippen LogP contribution in [0.15, 0.2) is 46.2 Å². The van der Waals surface area contributed by atoms with Crippen molar-refractivity contribution in [2.75, 3.05) is 24.5 Å². The lowest BCUT2D eigenvalue weighted by Crippen LogP contribution is -2.29. The Morgan fingerprint density at radius 3 is 2.72 bits per heavy atom. The molecule has 1 saturated carbocycles. The zero-order valence-corrected chi connectivity index (χ0v) is 15.9. The third-order valence-corrected chi connectivity index (χ3v) is 6.83. The second-order valence-electron chi connectivity index (χ2n) is 7.24. The van der Waals surface area contributed by atoms with E-state index < -0.39 is 10.8 Å². The number of hydrogen-bond donors (Lipinski definition) is 1. The lowest BCUT2D eigenvalue weighted by molar-refractivity contribution is 0.613. The quantitative estimate of drug-likeness (QED) is 0.785. The molecule has 1 atom stereocenters. The number of para-hydroxylation sites is 1. The molecule has 132 valence electrons. The Labute approximate surface area is 152 Å². The van der Waals surface area contributed by atoms with Gasteiger partial charge < -0.3 is 10.2 Å². The van der Waals surface area contributed by atoms with Gasteiger partial charge in [0.15, 0.2) is 0 Å². The summed E-state index contributed by atoms with van der Waals surface area (Å²) in [6.45, 7) is 7.43. The van der Waals surface area contributed by atoms with Gasteiger partial charge in [-0.25, -0.2) is 4.21 Å². The molecule has 0 bridgehead atoms. The predicted octanol–water partition coefficient (Wildman–Crippen LogP) is 4.31. The molecule has 4 rings (SSSR count). The second kappa shape index (κ2) is 6.93. The normalized spacial score (nSPS) is 18.8. The van der Waals surface area contributed by atoms with Gasteiger partial charge in [-0.05, 0) is 81.4 Å². The molecule has 4 heteroatoms. The van der Waals surface area contributed by atoms with Gasteiger partial charge in [-0.1, -0.05) is 18.2 Å². The molecule has 2 aromatic carbocycles. The van der Waals surface area contributed by atoms with E-state index in [1.807, 2.05) is 24.3 Å². The number of fused-ring (bicyclic) bond motifs is 2. The van der Waals surface area contributed by atoms with Crippen molar-refractivity contribution in [3.63, 3.8) is 0 Å². The van der Waals surface area contributed by atoms with Crippen LogP contribution in [0.4, 0.5) is 11.4 Å². The number of nitrogens with one attached hydrogen (secondary N) is 1. The Bertz CT molecular complexity index is 814.